The van der Waals surface area contributed by atoms with Crippen molar-refractivity contribution in [3.8, 4) is 0 Å². The smallest absolute Gasteiger partial charge is 0.329 e. The molecule has 34 heavy (non-hydrogen) atoms. The summed E-state index contributed by atoms with van der Waals surface area (Å²) in [6, 6.07) is 7.03. The normalized spacial score (nSPS) is 34.1. The van der Waals surface area contributed by atoms with E-state index in [1.54, 1.807) is 4.90 Å². The minimum atomic E-state index is -0.813. The monoisotopic (exact) mass is 481 g/mol. The number of aryl methyl sites for hydroxylation is 1. The first-order chi connectivity index (χ1) is 16.3. The van der Waals surface area contributed by atoms with Crippen molar-refractivity contribution in [3.63, 3.8) is 0 Å². The molecule has 5 fully saturated rings. The van der Waals surface area contributed by atoms with E-state index in [-0.39, 0.29) is 36.7 Å². The highest BCUT2D eigenvalue weighted by Gasteiger charge is 2.57. The molecule has 1 saturated heterocycles. The molecule has 0 radical (unpaired) electrons. The van der Waals surface area contributed by atoms with Gasteiger partial charge in [0.25, 0.3) is 0 Å². The predicted molar refractivity (Wildman–Crippen MR) is 129 cm³/mol. The number of β-amino-alcohol motifs (C(OH)–C–C–N with tert-alkyl or cyclic N) is 1. The Kier molecular flexibility index (Phi) is 5.34. The summed E-state index contributed by atoms with van der Waals surface area (Å²) in [4.78, 5) is 41.9. The van der Waals surface area contributed by atoms with Crippen LogP contribution in [0.5, 0.6) is 0 Å². The number of hydrogen-bond donors (Lipinski definition) is 1. The van der Waals surface area contributed by atoms with E-state index in [0.717, 1.165) is 34.9 Å². The summed E-state index contributed by atoms with van der Waals surface area (Å²) in [5.41, 5.74) is 0.526. The molecule has 2 aromatic rings. The second-order valence-corrected chi connectivity index (χ2v) is 12.2. The maximum atomic E-state index is 13.8. The van der Waals surface area contributed by atoms with Gasteiger partial charge >= 0.3 is 5.97 Å². The summed E-state index contributed by atoms with van der Waals surface area (Å²) in [5.74, 6) is 1.07. The number of rotatable bonds is 5. The summed E-state index contributed by atoms with van der Waals surface area (Å²) in [6.45, 7) is 1.73. The minimum Gasteiger partial charge on any atom is -0.456 e. The Hall–Kier alpha value is -2.25. The molecular weight excluding hydrogens is 450 g/mol. The SMILES string of the molecule is Cc1c(C(=O)COC(=O)[C@@H]2CC(O)CN2C(=O)C23CC4CC(CC(C4)C2)C3)sc2ccccc12. The molecule has 1 aliphatic heterocycles. The maximum absolute atomic E-state index is 13.8. The fraction of sp³-hybridized carbons (Fsp3) is 0.593. The number of carbonyl (C=O) groups excluding carboxylic acids is 3. The van der Waals surface area contributed by atoms with Gasteiger partial charge < -0.3 is 14.7 Å². The van der Waals surface area contributed by atoms with Gasteiger partial charge in [0.1, 0.15) is 6.04 Å². The Morgan fingerprint density at radius 1 is 1.06 bits per heavy atom. The molecule has 1 amide bonds. The Bertz CT molecular complexity index is 1130. The van der Waals surface area contributed by atoms with Gasteiger partial charge in [-0.05, 0) is 80.2 Å². The van der Waals surface area contributed by atoms with Crippen LogP contribution in [-0.2, 0) is 14.3 Å². The maximum Gasteiger partial charge on any atom is 0.329 e. The number of carbonyl (C=O) groups is 3. The molecule has 4 aliphatic carbocycles. The number of aliphatic hydroxyl groups excluding tert-OH is 1. The third kappa shape index (κ3) is 3.59. The van der Waals surface area contributed by atoms with Crippen LogP contribution in [0, 0.1) is 30.1 Å². The number of fused-ring (bicyclic) bond motifs is 1. The Morgan fingerprint density at radius 3 is 2.35 bits per heavy atom. The number of hydrogen-bond acceptors (Lipinski definition) is 6. The largest absolute Gasteiger partial charge is 0.456 e. The van der Waals surface area contributed by atoms with Crippen LogP contribution in [0.4, 0.5) is 0 Å². The highest BCUT2D eigenvalue weighted by atomic mass is 32.1. The van der Waals surface area contributed by atoms with Crippen LogP contribution in [0.3, 0.4) is 0 Å². The number of esters is 1. The summed E-state index contributed by atoms with van der Waals surface area (Å²) in [6.07, 6.45) is 5.88. The number of aliphatic hydroxyl groups is 1. The molecule has 2 heterocycles. The topological polar surface area (TPSA) is 83.9 Å². The van der Waals surface area contributed by atoms with Crippen molar-refractivity contribution in [1.29, 1.82) is 0 Å². The molecular formula is C27H31NO5S. The van der Waals surface area contributed by atoms with Crippen LogP contribution in [0.25, 0.3) is 10.1 Å². The number of amides is 1. The number of nitrogens with zero attached hydrogens (tertiary/aromatic N) is 1. The van der Waals surface area contributed by atoms with E-state index < -0.39 is 18.1 Å². The zero-order valence-corrected chi connectivity index (χ0v) is 20.3. The van der Waals surface area contributed by atoms with Crippen LogP contribution in [0.15, 0.2) is 24.3 Å². The van der Waals surface area contributed by atoms with E-state index in [2.05, 4.69) is 0 Å². The van der Waals surface area contributed by atoms with Gasteiger partial charge in [-0.25, -0.2) is 4.79 Å². The average molecular weight is 482 g/mol. The summed E-state index contributed by atoms with van der Waals surface area (Å²) < 4.78 is 6.48. The van der Waals surface area contributed by atoms with Crippen molar-refractivity contribution in [2.45, 2.75) is 64.0 Å². The molecule has 7 rings (SSSR count). The third-order valence-corrected chi connectivity index (χ3v) is 10.1. The van der Waals surface area contributed by atoms with Gasteiger partial charge in [0.2, 0.25) is 11.7 Å². The lowest BCUT2D eigenvalue weighted by molar-refractivity contribution is -0.165. The lowest BCUT2D eigenvalue weighted by Crippen LogP contribution is -2.56. The Morgan fingerprint density at radius 2 is 1.71 bits per heavy atom. The van der Waals surface area contributed by atoms with Crippen molar-refractivity contribution in [2.75, 3.05) is 13.2 Å². The third-order valence-electron chi connectivity index (χ3n) is 8.75. The molecule has 1 aromatic carbocycles. The Labute approximate surface area is 203 Å². The summed E-state index contributed by atoms with van der Waals surface area (Å²) >= 11 is 1.41. The number of ether oxygens (including phenoxy) is 1. The number of thiophene rings is 1. The van der Waals surface area contributed by atoms with Crippen molar-refractivity contribution >= 4 is 39.1 Å². The number of likely N-dealkylation sites (tertiary alicyclic amines) is 1. The fourth-order valence-corrected chi connectivity index (χ4v) is 8.81. The van der Waals surface area contributed by atoms with Crippen molar-refractivity contribution in [1.82, 2.24) is 4.90 Å². The summed E-state index contributed by atoms with van der Waals surface area (Å²) in [7, 11) is 0. The average Bonchev–Trinajstić information content (AvgIpc) is 3.36. The first-order valence-corrected chi connectivity index (χ1v) is 13.3. The van der Waals surface area contributed by atoms with Gasteiger partial charge in [-0.2, -0.15) is 0 Å². The molecule has 1 N–H and O–H groups in total. The number of benzene rings is 1. The second-order valence-electron chi connectivity index (χ2n) is 11.1. The van der Waals surface area contributed by atoms with Crippen LogP contribution in [0.1, 0.15) is 60.2 Å². The van der Waals surface area contributed by atoms with Crippen LogP contribution < -0.4 is 0 Å². The molecule has 1 aromatic heterocycles. The van der Waals surface area contributed by atoms with Gasteiger partial charge in [0.15, 0.2) is 6.61 Å². The molecule has 0 spiro atoms. The lowest BCUT2D eigenvalue weighted by Gasteiger charge is -2.56. The highest BCUT2D eigenvalue weighted by Crippen LogP contribution is 2.60. The molecule has 6 nitrogen and oxygen atoms in total. The molecule has 2 atom stereocenters. The van der Waals surface area contributed by atoms with E-state index in [0.29, 0.717) is 22.6 Å². The van der Waals surface area contributed by atoms with Crippen LogP contribution in [0.2, 0.25) is 0 Å². The van der Waals surface area contributed by atoms with Gasteiger partial charge in [-0.3, -0.25) is 9.59 Å². The molecule has 1 unspecified atom stereocenters. The highest BCUT2D eigenvalue weighted by molar-refractivity contribution is 7.21. The standard InChI is InChI=1S/C27H31NO5S/c1-15-20-4-2-3-5-23(20)34-24(15)22(30)14-33-25(31)21-9-19(29)13-28(21)26(32)27-10-16-6-17(11-27)8-18(7-16)12-27/h2-5,16-19,21,29H,6-14H2,1H3/t16?,17?,18?,19?,21-,27?/m0/s1. The molecule has 5 aliphatic rings. The first kappa shape index (κ1) is 22.2. The lowest BCUT2D eigenvalue weighted by atomic mass is 9.49. The van der Waals surface area contributed by atoms with Crippen molar-refractivity contribution in [2.24, 2.45) is 23.2 Å². The molecule has 4 bridgehead atoms. The molecule has 180 valence electrons. The quantitative estimate of drug-likeness (QED) is 0.513. The van der Waals surface area contributed by atoms with Gasteiger partial charge in [-0.1, -0.05) is 18.2 Å². The zero-order chi connectivity index (χ0) is 23.6. The minimum absolute atomic E-state index is 0.0248. The zero-order valence-electron chi connectivity index (χ0n) is 19.5. The summed E-state index contributed by atoms with van der Waals surface area (Å²) in [5, 5.41) is 11.4. The van der Waals surface area contributed by atoms with E-state index in [1.807, 2.05) is 31.2 Å². The second kappa shape index (κ2) is 8.16. The predicted octanol–water partition coefficient (Wildman–Crippen LogP) is 4.11. The Balaban J connectivity index is 1.15. The van der Waals surface area contributed by atoms with E-state index >= 15 is 0 Å². The first-order valence-electron chi connectivity index (χ1n) is 12.5. The number of Topliss-reactive ketones (excluding diaryl/α,β-unsaturated/α-hetero) is 1. The van der Waals surface area contributed by atoms with Gasteiger partial charge in [0.05, 0.1) is 16.4 Å². The van der Waals surface area contributed by atoms with Gasteiger partial charge in [0, 0.05) is 17.7 Å². The van der Waals surface area contributed by atoms with Crippen molar-refractivity contribution in [3.05, 3.63) is 34.7 Å². The van der Waals surface area contributed by atoms with E-state index in [4.69, 9.17) is 4.74 Å². The van der Waals surface area contributed by atoms with Crippen LogP contribution in [-0.4, -0.2) is 53.0 Å². The van der Waals surface area contributed by atoms with E-state index in [1.165, 1.54) is 30.6 Å². The van der Waals surface area contributed by atoms with Crippen LogP contribution >= 0.6 is 11.3 Å². The molecule has 7 heteroatoms. The van der Waals surface area contributed by atoms with E-state index in [9.17, 15) is 19.5 Å². The van der Waals surface area contributed by atoms with Crippen molar-refractivity contribution < 1.29 is 24.2 Å². The molecule has 4 saturated carbocycles. The number of ketones is 1. The fourth-order valence-electron chi connectivity index (χ4n) is 7.68. The van der Waals surface area contributed by atoms with Gasteiger partial charge in [-0.15, -0.1) is 11.3 Å².